The first-order chi connectivity index (χ1) is 40.5. The summed E-state index contributed by atoms with van der Waals surface area (Å²) in [5.74, 6) is 2.42. The van der Waals surface area contributed by atoms with Crippen LogP contribution in [0.3, 0.4) is 0 Å². The van der Waals surface area contributed by atoms with Crippen molar-refractivity contribution in [1.82, 2.24) is 24.3 Å². The molecule has 0 saturated carbocycles. The van der Waals surface area contributed by atoms with Crippen LogP contribution in [-0.4, -0.2) is 129 Å². The van der Waals surface area contributed by atoms with Crippen LogP contribution < -0.4 is 5.32 Å². The molecule has 2 aromatic heterocycles. The van der Waals surface area contributed by atoms with E-state index < -0.39 is 0 Å². The summed E-state index contributed by atoms with van der Waals surface area (Å²) in [5, 5.41) is 9.90. The first kappa shape index (κ1) is 75.2. The van der Waals surface area contributed by atoms with Crippen molar-refractivity contribution in [3.05, 3.63) is 145 Å². The van der Waals surface area contributed by atoms with Gasteiger partial charge in [-0.15, -0.1) is 0 Å². The van der Waals surface area contributed by atoms with Gasteiger partial charge in [-0.05, 0) is 157 Å². The summed E-state index contributed by atoms with van der Waals surface area (Å²) in [6.07, 6.45) is 11.5. The van der Waals surface area contributed by atoms with E-state index >= 15 is 0 Å². The summed E-state index contributed by atoms with van der Waals surface area (Å²) in [6, 6.07) is 25.8. The van der Waals surface area contributed by atoms with Crippen LogP contribution in [0.5, 0.6) is 0 Å². The van der Waals surface area contributed by atoms with Gasteiger partial charge in [0.25, 0.3) is 11.8 Å². The van der Waals surface area contributed by atoms with Crippen LogP contribution in [0.25, 0.3) is 27.1 Å². The summed E-state index contributed by atoms with van der Waals surface area (Å²) in [4.78, 5) is 81.1. The Kier molecular flexibility index (Phi) is 36.4. The van der Waals surface area contributed by atoms with Crippen LogP contribution in [0.4, 0.5) is 0 Å². The number of ketones is 2. The fourth-order valence-corrected chi connectivity index (χ4v) is 11.2. The molecule has 0 bridgehead atoms. The average molecular weight is 1360 g/mol. The molecular weight excluding hydrogens is 1270 g/mol. The molecule has 2 amide bonds. The molecule has 0 unspecified atom stereocenters. The number of unbranched alkanes of at least 4 members (excludes halogenated alkanes) is 8. The number of fused-ring (bicyclic) bond motifs is 2. The Morgan fingerprint density at radius 2 is 0.976 bits per heavy atom. The molecule has 20 heteroatoms. The molecule has 0 fully saturated rings. The predicted octanol–water partition coefficient (Wildman–Crippen LogP) is 13.2. The molecule has 6 aromatic rings. The van der Waals surface area contributed by atoms with Crippen molar-refractivity contribution in [1.29, 1.82) is 0 Å². The van der Waals surface area contributed by atoms with Gasteiger partial charge in [-0.25, -0.2) is 0 Å². The molecule has 13 nitrogen and oxygen atoms in total. The van der Waals surface area contributed by atoms with Gasteiger partial charge >= 0.3 is 22.4 Å². The van der Waals surface area contributed by atoms with Gasteiger partial charge in [0.15, 0.2) is 0 Å². The van der Waals surface area contributed by atoms with Crippen molar-refractivity contribution < 1.29 is 51.1 Å². The maximum atomic E-state index is 13.5. The van der Waals surface area contributed by atoms with Gasteiger partial charge in [0.05, 0.1) is 23.5 Å². The Morgan fingerprint density at radius 1 is 0.553 bits per heavy atom. The predicted molar refractivity (Wildman–Crippen MR) is 357 cm³/mol. The zero-order valence-corrected chi connectivity index (χ0v) is 55.7. The molecule has 0 saturated heterocycles. The van der Waals surface area contributed by atoms with Gasteiger partial charge in [0, 0.05) is 100 Å². The molecule has 85 heavy (non-hydrogen) atoms. The molecule has 0 aliphatic rings. The number of halogens is 2. The summed E-state index contributed by atoms with van der Waals surface area (Å²) < 4.78 is 11.7. The van der Waals surface area contributed by atoms with Gasteiger partial charge in [0.1, 0.15) is 11.6 Å². The van der Waals surface area contributed by atoms with E-state index in [9.17, 15) is 28.8 Å². The minimum atomic E-state index is -0.131. The number of aromatic nitrogens is 2. The number of benzene rings is 4. The number of aryl methyl sites for hydroxylation is 2. The van der Waals surface area contributed by atoms with E-state index in [1.165, 1.54) is 0 Å². The van der Waals surface area contributed by atoms with Gasteiger partial charge in [-0.1, -0.05) is 92.4 Å². The van der Waals surface area contributed by atoms with Gasteiger partial charge < -0.3 is 40.7 Å². The molecule has 6 rings (SSSR count). The number of rotatable bonds is 34. The van der Waals surface area contributed by atoms with E-state index in [4.69, 9.17) is 52.0 Å². The molecule has 0 aliphatic carbocycles. The van der Waals surface area contributed by atoms with E-state index in [1.54, 1.807) is 57.7 Å². The second kappa shape index (κ2) is 41.2. The number of nitrogens with zero attached hydrogens (tertiary/aromatic N) is 5. The molecule has 0 atom stereocenters. The fourth-order valence-electron chi connectivity index (χ4n) is 10.2. The molecule has 4 aromatic carbocycles. The molecule has 461 valence electrons. The summed E-state index contributed by atoms with van der Waals surface area (Å²) >= 11 is 31.3. The summed E-state index contributed by atoms with van der Waals surface area (Å²) in [6.45, 7) is 12.7. The maximum absolute atomic E-state index is 13.5. The van der Waals surface area contributed by atoms with Gasteiger partial charge in [0.2, 0.25) is 5.91 Å². The third-order valence-electron chi connectivity index (χ3n) is 14.5. The van der Waals surface area contributed by atoms with Crippen molar-refractivity contribution in [3.63, 3.8) is 0 Å². The number of amides is 2. The number of hydrogen-bond donors (Lipinski definition) is 3. The number of Topliss-reactive ketones (excluding diaryl/α,β-unsaturated/α-hetero) is 2. The number of carbonyl (C=O) groups is 6. The topological polar surface area (TPSA) is 162 Å². The van der Waals surface area contributed by atoms with Crippen LogP contribution >= 0.6 is 48.5 Å². The Labute approximate surface area is 547 Å². The number of hydrogen-bond acceptors (Lipinski definition) is 13. The Balaban J connectivity index is 0.000000428. The van der Waals surface area contributed by atoms with Crippen LogP contribution in [0, 0.1) is 27.7 Å². The molecule has 2 heterocycles. The first-order valence-electron chi connectivity index (χ1n) is 28.8. The molecule has 0 spiro atoms. The second-order valence-electron chi connectivity index (χ2n) is 21.0. The Hall–Kier alpha value is -4.07. The number of nitrogens with one attached hydrogen (secondary N) is 1. The van der Waals surface area contributed by atoms with E-state index in [0.717, 1.165) is 164 Å². The van der Waals surface area contributed by atoms with E-state index in [2.05, 4.69) is 57.8 Å². The fraction of sp³-hybridized carbons (Fsp3) is 0.477. The molecular formula is C65H85Cl2N6O7S4Tc+. The van der Waals surface area contributed by atoms with Crippen molar-refractivity contribution in [2.45, 2.75) is 125 Å². The normalized spacial score (nSPS) is 11.0. The average Bonchev–Trinajstić information content (AvgIpc) is 3.30. The van der Waals surface area contributed by atoms with Crippen LogP contribution in [0.15, 0.2) is 84.9 Å². The molecule has 1 N–H and O–H groups in total. The van der Waals surface area contributed by atoms with Crippen molar-refractivity contribution >= 4 is 131 Å². The quantitative estimate of drug-likeness (QED) is 0.0200. The van der Waals surface area contributed by atoms with E-state index in [-0.39, 0.29) is 42.6 Å². The zero-order chi connectivity index (χ0) is 61.6. The monoisotopic (exact) mass is 1360 g/mol. The molecule has 0 radical (unpaired) electrons. The van der Waals surface area contributed by atoms with Crippen molar-refractivity contribution in [3.8, 4) is 0 Å². The summed E-state index contributed by atoms with van der Waals surface area (Å²) in [5.41, 5.74) is 8.39. The number of carbonyl (C=O) groups excluding carboxylic acids is 6. The van der Waals surface area contributed by atoms with Gasteiger partial charge in [-0.2, -0.15) is 43.3 Å². The minimum absolute atomic E-state index is 0. The zero-order valence-electron chi connectivity index (χ0n) is 48.9. The van der Waals surface area contributed by atoms with Crippen LogP contribution in [0.2, 0.25) is 10.0 Å². The van der Waals surface area contributed by atoms with Crippen molar-refractivity contribution in [2.24, 2.45) is 0 Å². The SMILES string of the molecule is C.Cc1ccc2c(c1)c(CC(=O)CCCCCCCN(CCS)CC(=O)NCCS)c(C)n2C(=O)c1ccc(Cl)cc1.Cc1ccc2c(c1)c(CC(=O)CCCCCCCN(CC[S-])CC(=O)[N-]CC[S-])c(C)n2C(=O)c1ccc(Cl)cc1.[O]=[Tc+4]. The van der Waals surface area contributed by atoms with Crippen LogP contribution in [0.1, 0.15) is 139 Å². The van der Waals surface area contributed by atoms with Gasteiger partial charge in [-0.3, -0.25) is 42.9 Å². The second-order valence-corrected chi connectivity index (χ2v) is 23.5. The van der Waals surface area contributed by atoms with Crippen LogP contribution in [-0.2, 0) is 79.6 Å². The molecule has 0 aliphatic heterocycles. The van der Waals surface area contributed by atoms with Crippen molar-refractivity contribution in [2.75, 3.05) is 75.4 Å². The third-order valence-corrected chi connectivity index (χ3v) is 15.8. The first-order valence-corrected chi connectivity index (χ1v) is 32.7. The standard InChI is InChI=1S/2C32H42ClN3O3S2.CH4.O.Tc/c2*1-23-9-14-30-29(20-23)28(24(2)36(30)32(39)25-10-12-26(33)13-11-25)21-27(37)8-6-4-3-5-7-16-35(17-19-41)22-31(38)34-15-18-40;;;/h9-14,20H,3-8,15-19,21-22H2,1-2H3,(H3,34,38,40,41);9-14,20,40-41H,3-8,15-19,21-22H2,1-2H3,(H,34,38);1H4;;/q;;;;+4/p-3. The number of thiol groups is 2. The third kappa shape index (κ3) is 24.8. The summed E-state index contributed by atoms with van der Waals surface area (Å²) in [7, 11) is 0. The van der Waals surface area contributed by atoms with E-state index in [0.29, 0.717) is 96.8 Å². The Bertz CT molecular complexity index is 2880. The Morgan fingerprint density at radius 3 is 1.39 bits per heavy atom. The van der Waals surface area contributed by atoms with E-state index in [1.807, 2.05) is 52.0 Å².